The molecule has 1 heterocycles. The van der Waals surface area contributed by atoms with E-state index in [2.05, 4.69) is 28.5 Å². The number of rotatable bonds is 2. The van der Waals surface area contributed by atoms with Crippen molar-refractivity contribution in [2.24, 2.45) is 0 Å². The van der Waals surface area contributed by atoms with Crippen molar-refractivity contribution in [3.63, 3.8) is 0 Å². The van der Waals surface area contributed by atoms with Gasteiger partial charge in [0.25, 0.3) is 5.91 Å². The molecule has 0 radical (unpaired) electrons. The standard InChI is InChI=1S/C18H18N2O/c1-11-5-4-6-14(9-11)19-18(21)17-13(3)15-8-7-12(2)10-16(15)20-17/h4-10,20H,1-3H3,(H,19,21). The van der Waals surface area contributed by atoms with Gasteiger partial charge in [-0.3, -0.25) is 4.79 Å². The van der Waals surface area contributed by atoms with Gasteiger partial charge in [-0.05, 0) is 55.7 Å². The van der Waals surface area contributed by atoms with Gasteiger partial charge in [-0.1, -0.05) is 24.3 Å². The van der Waals surface area contributed by atoms with Crippen molar-refractivity contribution < 1.29 is 4.79 Å². The number of H-pyrrole nitrogens is 1. The van der Waals surface area contributed by atoms with Crippen LogP contribution in [0.5, 0.6) is 0 Å². The van der Waals surface area contributed by atoms with E-state index in [0.717, 1.165) is 27.7 Å². The van der Waals surface area contributed by atoms with Crippen molar-refractivity contribution in [1.29, 1.82) is 0 Å². The Hall–Kier alpha value is -2.55. The molecule has 0 atom stereocenters. The molecule has 0 saturated heterocycles. The van der Waals surface area contributed by atoms with Gasteiger partial charge in [-0.2, -0.15) is 0 Å². The maximum atomic E-state index is 12.5. The van der Waals surface area contributed by atoms with Gasteiger partial charge in [0, 0.05) is 16.6 Å². The molecular weight excluding hydrogens is 260 g/mol. The van der Waals surface area contributed by atoms with E-state index < -0.39 is 0 Å². The van der Waals surface area contributed by atoms with Crippen LogP contribution in [0.4, 0.5) is 5.69 Å². The first-order valence-corrected chi connectivity index (χ1v) is 7.01. The molecule has 0 aliphatic rings. The van der Waals surface area contributed by atoms with Crippen LogP contribution in [0.1, 0.15) is 27.2 Å². The molecule has 0 aliphatic carbocycles. The summed E-state index contributed by atoms with van der Waals surface area (Å²) in [5.74, 6) is -0.105. The van der Waals surface area contributed by atoms with Gasteiger partial charge in [0.15, 0.2) is 0 Å². The third kappa shape index (κ3) is 2.55. The summed E-state index contributed by atoms with van der Waals surface area (Å²) in [7, 11) is 0. The quantitative estimate of drug-likeness (QED) is 0.719. The molecule has 0 fully saturated rings. The largest absolute Gasteiger partial charge is 0.350 e. The second kappa shape index (κ2) is 5.09. The van der Waals surface area contributed by atoms with Crippen molar-refractivity contribution in [2.45, 2.75) is 20.8 Å². The summed E-state index contributed by atoms with van der Waals surface area (Å²) in [6, 6.07) is 14.0. The number of benzene rings is 2. The second-order valence-electron chi connectivity index (χ2n) is 5.50. The zero-order valence-electron chi connectivity index (χ0n) is 12.4. The Morgan fingerprint density at radius 1 is 1.00 bits per heavy atom. The fourth-order valence-electron chi connectivity index (χ4n) is 2.60. The van der Waals surface area contributed by atoms with E-state index in [9.17, 15) is 4.79 Å². The van der Waals surface area contributed by atoms with Gasteiger partial charge >= 0.3 is 0 Å². The summed E-state index contributed by atoms with van der Waals surface area (Å²) in [4.78, 5) is 15.7. The summed E-state index contributed by atoms with van der Waals surface area (Å²) in [6.45, 7) is 6.02. The van der Waals surface area contributed by atoms with Crippen LogP contribution in [0.25, 0.3) is 10.9 Å². The van der Waals surface area contributed by atoms with Gasteiger partial charge < -0.3 is 10.3 Å². The van der Waals surface area contributed by atoms with Crippen molar-refractivity contribution in [1.82, 2.24) is 4.98 Å². The average molecular weight is 278 g/mol. The number of carbonyl (C=O) groups is 1. The Bertz CT molecular complexity index is 830. The van der Waals surface area contributed by atoms with Crippen molar-refractivity contribution in [3.8, 4) is 0 Å². The summed E-state index contributed by atoms with van der Waals surface area (Å²) in [5.41, 5.74) is 5.72. The Morgan fingerprint density at radius 3 is 2.52 bits per heavy atom. The van der Waals surface area contributed by atoms with Crippen LogP contribution in [0.2, 0.25) is 0 Å². The van der Waals surface area contributed by atoms with Crippen molar-refractivity contribution in [3.05, 3.63) is 64.8 Å². The lowest BCUT2D eigenvalue weighted by molar-refractivity contribution is 0.102. The van der Waals surface area contributed by atoms with Crippen LogP contribution in [0.15, 0.2) is 42.5 Å². The van der Waals surface area contributed by atoms with Crippen LogP contribution in [0, 0.1) is 20.8 Å². The summed E-state index contributed by atoms with van der Waals surface area (Å²) < 4.78 is 0. The molecule has 1 amide bonds. The minimum Gasteiger partial charge on any atom is -0.350 e. The van der Waals surface area contributed by atoms with Crippen LogP contribution in [0.3, 0.4) is 0 Å². The normalized spacial score (nSPS) is 10.8. The molecule has 2 aromatic carbocycles. The number of hydrogen-bond donors (Lipinski definition) is 2. The molecular formula is C18H18N2O. The fourth-order valence-corrected chi connectivity index (χ4v) is 2.60. The Morgan fingerprint density at radius 2 is 1.76 bits per heavy atom. The van der Waals surface area contributed by atoms with E-state index in [1.54, 1.807) is 0 Å². The molecule has 0 unspecified atom stereocenters. The minimum absolute atomic E-state index is 0.105. The Labute approximate surface area is 124 Å². The maximum Gasteiger partial charge on any atom is 0.272 e. The number of anilines is 1. The van der Waals surface area contributed by atoms with Gasteiger partial charge in [-0.15, -0.1) is 0 Å². The number of amides is 1. The highest BCUT2D eigenvalue weighted by atomic mass is 16.1. The number of fused-ring (bicyclic) bond motifs is 1. The molecule has 0 bridgehead atoms. The molecule has 2 N–H and O–H groups in total. The summed E-state index contributed by atoms with van der Waals surface area (Å²) >= 11 is 0. The monoisotopic (exact) mass is 278 g/mol. The molecule has 106 valence electrons. The molecule has 3 aromatic rings. The van der Waals surface area contributed by atoms with Gasteiger partial charge in [0.05, 0.1) is 0 Å². The summed E-state index contributed by atoms with van der Waals surface area (Å²) in [6.07, 6.45) is 0. The predicted octanol–water partition coefficient (Wildman–Crippen LogP) is 4.35. The molecule has 0 aliphatic heterocycles. The van der Waals surface area contributed by atoms with Crippen LogP contribution in [-0.4, -0.2) is 10.9 Å². The molecule has 1 aromatic heterocycles. The van der Waals surface area contributed by atoms with Crippen molar-refractivity contribution >= 4 is 22.5 Å². The SMILES string of the molecule is Cc1cccc(NC(=O)c2[nH]c3cc(C)ccc3c2C)c1. The van der Waals surface area contributed by atoms with Crippen molar-refractivity contribution in [2.75, 3.05) is 5.32 Å². The van der Waals surface area contributed by atoms with Crippen LogP contribution < -0.4 is 5.32 Å². The maximum absolute atomic E-state index is 12.5. The minimum atomic E-state index is -0.105. The highest BCUT2D eigenvalue weighted by Crippen LogP contribution is 2.23. The zero-order valence-corrected chi connectivity index (χ0v) is 12.4. The molecule has 3 heteroatoms. The lowest BCUT2D eigenvalue weighted by Gasteiger charge is -2.05. The van der Waals surface area contributed by atoms with E-state index in [0.29, 0.717) is 5.69 Å². The highest BCUT2D eigenvalue weighted by molar-refractivity contribution is 6.07. The summed E-state index contributed by atoms with van der Waals surface area (Å²) in [5, 5.41) is 4.04. The topological polar surface area (TPSA) is 44.9 Å². The van der Waals surface area contributed by atoms with Gasteiger partial charge in [0.2, 0.25) is 0 Å². The Kier molecular flexibility index (Phi) is 3.26. The first kappa shape index (κ1) is 13.4. The first-order chi connectivity index (χ1) is 10.0. The molecule has 21 heavy (non-hydrogen) atoms. The number of aromatic amines is 1. The first-order valence-electron chi connectivity index (χ1n) is 7.01. The highest BCUT2D eigenvalue weighted by Gasteiger charge is 2.14. The van der Waals surface area contributed by atoms with E-state index in [4.69, 9.17) is 0 Å². The number of aromatic nitrogens is 1. The fraction of sp³-hybridized carbons (Fsp3) is 0.167. The number of aryl methyl sites for hydroxylation is 3. The average Bonchev–Trinajstić information content (AvgIpc) is 2.75. The van der Waals surface area contributed by atoms with Crippen LogP contribution in [-0.2, 0) is 0 Å². The van der Waals surface area contributed by atoms with E-state index >= 15 is 0 Å². The van der Waals surface area contributed by atoms with Gasteiger partial charge in [-0.25, -0.2) is 0 Å². The lowest BCUT2D eigenvalue weighted by atomic mass is 10.1. The lowest BCUT2D eigenvalue weighted by Crippen LogP contribution is -2.13. The number of carbonyl (C=O) groups excluding carboxylic acids is 1. The molecule has 0 spiro atoms. The third-order valence-electron chi connectivity index (χ3n) is 3.72. The van der Waals surface area contributed by atoms with E-state index in [1.807, 2.05) is 45.0 Å². The van der Waals surface area contributed by atoms with Gasteiger partial charge in [0.1, 0.15) is 5.69 Å². The molecule has 0 saturated carbocycles. The molecule has 3 rings (SSSR count). The van der Waals surface area contributed by atoms with E-state index in [-0.39, 0.29) is 5.91 Å². The van der Waals surface area contributed by atoms with Crippen LogP contribution >= 0.6 is 0 Å². The predicted molar refractivity (Wildman–Crippen MR) is 86.9 cm³/mol. The second-order valence-corrected chi connectivity index (χ2v) is 5.50. The zero-order chi connectivity index (χ0) is 15.0. The third-order valence-corrected chi connectivity index (χ3v) is 3.72. The Balaban J connectivity index is 1.96. The number of nitrogens with one attached hydrogen (secondary N) is 2. The smallest absolute Gasteiger partial charge is 0.272 e. The number of hydrogen-bond acceptors (Lipinski definition) is 1. The molecule has 3 nitrogen and oxygen atoms in total. The van der Waals surface area contributed by atoms with E-state index in [1.165, 1.54) is 5.56 Å².